The van der Waals surface area contributed by atoms with Crippen LogP contribution in [0.1, 0.15) is 17.5 Å². The minimum atomic E-state index is 0.134. The fraction of sp³-hybridized carbons (Fsp3) is 0.211. The number of nitrogens with zero attached hydrogens (tertiary/aromatic N) is 4. The van der Waals surface area contributed by atoms with Crippen LogP contribution >= 0.6 is 0 Å². The van der Waals surface area contributed by atoms with Gasteiger partial charge in [0.2, 0.25) is 5.91 Å². The SMILES string of the molecule is CN(Cc1ccc(-n2cccn2)cc1)C(=O)CCc1cccnc1. The van der Waals surface area contributed by atoms with Gasteiger partial charge in [0, 0.05) is 44.8 Å². The van der Waals surface area contributed by atoms with Crippen molar-refractivity contribution in [1.29, 1.82) is 0 Å². The molecule has 0 atom stereocenters. The van der Waals surface area contributed by atoms with Gasteiger partial charge in [-0.3, -0.25) is 9.78 Å². The Morgan fingerprint density at radius 3 is 2.58 bits per heavy atom. The Morgan fingerprint density at radius 2 is 1.92 bits per heavy atom. The number of hydrogen-bond donors (Lipinski definition) is 0. The topological polar surface area (TPSA) is 51.0 Å². The molecule has 1 aromatic carbocycles. The highest BCUT2D eigenvalue weighted by Crippen LogP contribution is 2.11. The van der Waals surface area contributed by atoms with E-state index < -0.39 is 0 Å². The number of benzene rings is 1. The highest BCUT2D eigenvalue weighted by molar-refractivity contribution is 5.76. The lowest BCUT2D eigenvalue weighted by atomic mass is 10.1. The molecule has 0 spiro atoms. The predicted octanol–water partition coefficient (Wildman–Crippen LogP) is 2.86. The van der Waals surface area contributed by atoms with E-state index in [0.717, 1.165) is 23.2 Å². The van der Waals surface area contributed by atoms with E-state index in [1.165, 1.54) is 0 Å². The first-order valence-corrected chi connectivity index (χ1v) is 7.94. The van der Waals surface area contributed by atoms with Gasteiger partial charge in [0.1, 0.15) is 0 Å². The molecule has 0 saturated heterocycles. The van der Waals surface area contributed by atoms with Gasteiger partial charge in [-0.1, -0.05) is 18.2 Å². The van der Waals surface area contributed by atoms with E-state index in [1.807, 2.05) is 60.4 Å². The lowest BCUT2D eigenvalue weighted by Gasteiger charge is -2.17. The molecule has 5 nitrogen and oxygen atoms in total. The van der Waals surface area contributed by atoms with Crippen LogP contribution in [0.4, 0.5) is 0 Å². The van der Waals surface area contributed by atoms with Crippen molar-refractivity contribution in [1.82, 2.24) is 19.7 Å². The second-order valence-corrected chi connectivity index (χ2v) is 5.73. The van der Waals surface area contributed by atoms with Crippen molar-refractivity contribution in [2.45, 2.75) is 19.4 Å². The third-order valence-corrected chi connectivity index (χ3v) is 3.90. The lowest BCUT2D eigenvalue weighted by molar-refractivity contribution is -0.130. The van der Waals surface area contributed by atoms with Crippen LogP contribution in [0.3, 0.4) is 0 Å². The monoisotopic (exact) mass is 320 g/mol. The standard InChI is InChI=1S/C19H20N4O/c1-22(19(24)10-7-16-4-2-11-20-14-16)15-17-5-8-18(9-6-17)23-13-3-12-21-23/h2-6,8-9,11-14H,7,10,15H2,1H3. The van der Waals surface area contributed by atoms with E-state index in [9.17, 15) is 4.79 Å². The van der Waals surface area contributed by atoms with Gasteiger partial charge < -0.3 is 4.90 Å². The maximum absolute atomic E-state index is 12.3. The summed E-state index contributed by atoms with van der Waals surface area (Å²) in [5.41, 5.74) is 3.19. The van der Waals surface area contributed by atoms with Crippen LogP contribution < -0.4 is 0 Å². The quantitative estimate of drug-likeness (QED) is 0.702. The Bertz CT molecular complexity index is 767. The number of pyridine rings is 1. The molecule has 0 unspecified atom stereocenters. The summed E-state index contributed by atoms with van der Waals surface area (Å²) in [6, 6.07) is 13.9. The molecule has 5 heteroatoms. The molecule has 1 amide bonds. The molecule has 0 N–H and O–H groups in total. The van der Waals surface area contributed by atoms with Gasteiger partial charge in [-0.15, -0.1) is 0 Å². The summed E-state index contributed by atoms with van der Waals surface area (Å²) in [6.45, 7) is 0.602. The van der Waals surface area contributed by atoms with Crippen molar-refractivity contribution in [2.24, 2.45) is 0 Å². The summed E-state index contributed by atoms with van der Waals surface area (Å²) in [6.07, 6.45) is 8.42. The van der Waals surface area contributed by atoms with E-state index in [1.54, 1.807) is 23.5 Å². The Labute approximate surface area is 141 Å². The van der Waals surface area contributed by atoms with Crippen LogP contribution in [-0.2, 0) is 17.8 Å². The minimum absolute atomic E-state index is 0.134. The molecule has 3 aromatic rings. The third kappa shape index (κ3) is 4.07. The van der Waals surface area contributed by atoms with Gasteiger partial charge in [0.25, 0.3) is 0 Å². The van der Waals surface area contributed by atoms with E-state index in [4.69, 9.17) is 0 Å². The normalized spacial score (nSPS) is 10.5. The Kier molecular flexibility index (Phi) is 5.01. The summed E-state index contributed by atoms with van der Waals surface area (Å²) in [5.74, 6) is 0.134. The lowest BCUT2D eigenvalue weighted by Crippen LogP contribution is -2.26. The minimum Gasteiger partial charge on any atom is -0.341 e. The molecule has 122 valence electrons. The maximum atomic E-state index is 12.3. The number of aryl methyl sites for hydroxylation is 1. The average Bonchev–Trinajstić information content (AvgIpc) is 3.16. The fourth-order valence-corrected chi connectivity index (χ4v) is 2.53. The molecule has 2 heterocycles. The molecule has 0 saturated carbocycles. The van der Waals surface area contributed by atoms with E-state index in [-0.39, 0.29) is 5.91 Å². The largest absolute Gasteiger partial charge is 0.341 e. The molecule has 0 aliphatic rings. The molecular weight excluding hydrogens is 300 g/mol. The van der Waals surface area contributed by atoms with Crippen LogP contribution in [0.5, 0.6) is 0 Å². The molecular formula is C19H20N4O. The van der Waals surface area contributed by atoms with Gasteiger partial charge in [-0.25, -0.2) is 4.68 Å². The van der Waals surface area contributed by atoms with Crippen molar-refractivity contribution in [3.63, 3.8) is 0 Å². The molecule has 2 aromatic heterocycles. The Balaban J connectivity index is 1.54. The van der Waals surface area contributed by atoms with Crippen LogP contribution in [0.2, 0.25) is 0 Å². The van der Waals surface area contributed by atoms with Gasteiger partial charge in [-0.2, -0.15) is 5.10 Å². The molecule has 0 fully saturated rings. The first-order valence-electron chi connectivity index (χ1n) is 7.94. The smallest absolute Gasteiger partial charge is 0.222 e. The number of hydrogen-bond acceptors (Lipinski definition) is 3. The predicted molar refractivity (Wildman–Crippen MR) is 92.6 cm³/mol. The Hall–Kier alpha value is -2.95. The van der Waals surface area contributed by atoms with Crippen molar-refractivity contribution in [3.05, 3.63) is 78.4 Å². The summed E-state index contributed by atoms with van der Waals surface area (Å²) >= 11 is 0. The second-order valence-electron chi connectivity index (χ2n) is 5.73. The molecule has 0 radical (unpaired) electrons. The molecule has 3 rings (SSSR count). The van der Waals surface area contributed by atoms with E-state index in [0.29, 0.717) is 13.0 Å². The van der Waals surface area contributed by atoms with Crippen LogP contribution in [0.25, 0.3) is 5.69 Å². The number of rotatable bonds is 6. The van der Waals surface area contributed by atoms with Crippen LogP contribution in [0.15, 0.2) is 67.3 Å². The molecule has 0 aliphatic heterocycles. The maximum Gasteiger partial charge on any atom is 0.222 e. The first-order chi connectivity index (χ1) is 11.7. The number of amides is 1. The highest BCUT2D eigenvalue weighted by Gasteiger charge is 2.09. The zero-order valence-corrected chi connectivity index (χ0v) is 13.7. The highest BCUT2D eigenvalue weighted by atomic mass is 16.2. The fourth-order valence-electron chi connectivity index (χ4n) is 2.53. The van der Waals surface area contributed by atoms with Crippen molar-refractivity contribution < 1.29 is 4.79 Å². The summed E-state index contributed by atoms with van der Waals surface area (Å²) in [7, 11) is 1.84. The third-order valence-electron chi connectivity index (χ3n) is 3.90. The van der Waals surface area contributed by atoms with Gasteiger partial charge >= 0.3 is 0 Å². The van der Waals surface area contributed by atoms with Crippen LogP contribution in [0, 0.1) is 0 Å². The molecule has 0 bridgehead atoms. The first kappa shape index (κ1) is 15.9. The summed E-state index contributed by atoms with van der Waals surface area (Å²) in [4.78, 5) is 18.1. The van der Waals surface area contributed by atoms with Crippen molar-refractivity contribution in [3.8, 4) is 5.69 Å². The summed E-state index contributed by atoms with van der Waals surface area (Å²) < 4.78 is 1.81. The number of aromatic nitrogens is 3. The number of carbonyl (C=O) groups is 1. The van der Waals surface area contributed by atoms with Gasteiger partial charge in [-0.05, 0) is 41.8 Å². The van der Waals surface area contributed by atoms with Crippen molar-refractivity contribution in [2.75, 3.05) is 7.05 Å². The second kappa shape index (κ2) is 7.55. The summed E-state index contributed by atoms with van der Waals surface area (Å²) in [5, 5.41) is 4.21. The van der Waals surface area contributed by atoms with E-state index in [2.05, 4.69) is 10.1 Å². The van der Waals surface area contributed by atoms with Crippen LogP contribution in [-0.4, -0.2) is 32.6 Å². The Morgan fingerprint density at radius 1 is 1.08 bits per heavy atom. The zero-order chi connectivity index (χ0) is 16.8. The number of carbonyl (C=O) groups excluding carboxylic acids is 1. The average molecular weight is 320 g/mol. The molecule has 0 aliphatic carbocycles. The molecule has 24 heavy (non-hydrogen) atoms. The van der Waals surface area contributed by atoms with E-state index >= 15 is 0 Å². The van der Waals surface area contributed by atoms with Gasteiger partial charge in [0.15, 0.2) is 0 Å². The van der Waals surface area contributed by atoms with Crippen molar-refractivity contribution >= 4 is 5.91 Å². The zero-order valence-electron chi connectivity index (χ0n) is 13.7. The van der Waals surface area contributed by atoms with Gasteiger partial charge in [0.05, 0.1) is 5.69 Å².